The molecule has 0 saturated heterocycles. The van der Waals surface area contributed by atoms with Crippen LogP contribution in [-0.4, -0.2) is 22.5 Å². The second kappa shape index (κ2) is 8.97. The van der Waals surface area contributed by atoms with Gasteiger partial charge in [-0.3, -0.25) is 0 Å². The molecular formula is C20H16BrN5O2. The molecule has 28 heavy (non-hydrogen) atoms. The number of carbonyl (C=O) groups is 1. The SMILES string of the molecule is CCOC(=O)/C(C#N)=C\Nc1ccc2ncnc(Nc3cccc(Br)c3)c2c1. The molecule has 0 aliphatic heterocycles. The van der Waals surface area contributed by atoms with Crippen LogP contribution in [0.25, 0.3) is 10.9 Å². The Bertz CT molecular complexity index is 1090. The predicted molar refractivity (Wildman–Crippen MR) is 111 cm³/mol. The Morgan fingerprint density at radius 2 is 2.11 bits per heavy atom. The van der Waals surface area contributed by atoms with Crippen LogP contribution >= 0.6 is 15.9 Å². The van der Waals surface area contributed by atoms with Crippen LogP contribution in [0.1, 0.15) is 6.92 Å². The topological polar surface area (TPSA) is 99.9 Å². The first-order chi connectivity index (χ1) is 13.6. The van der Waals surface area contributed by atoms with Crippen molar-refractivity contribution in [3.63, 3.8) is 0 Å². The molecule has 140 valence electrons. The van der Waals surface area contributed by atoms with Crippen molar-refractivity contribution in [3.8, 4) is 6.07 Å². The normalized spacial score (nSPS) is 11.0. The number of nitriles is 1. The zero-order valence-electron chi connectivity index (χ0n) is 14.9. The number of hydrogen-bond donors (Lipinski definition) is 2. The molecule has 0 bridgehead atoms. The minimum atomic E-state index is -0.668. The summed E-state index contributed by atoms with van der Waals surface area (Å²) in [5, 5.41) is 16.1. The highest BCUT2D eigenvalue weighted by atomic mass is 79.9. The third-order valence-electron chi connectivity index (χ3n) is 3.72. The third kappa shape index (κ3) is 4.64. The summed E-state index contributed by atoms with van der Waals surface area (Å²) < 4.78 is 5.80. The second-order valence-corrected chi connectivity index (χ2v) is 6.54. The van der Waals surface area contributed by atoms with Crippen LogP contribution in [0.2, 0.25) is 0 Å². The standard InChI is InChI=1S/C20H16BrN5O2/c1-2-28-20(27)13(10-22)11-23-15-6-7-18-17(9-15)19(25-12-24-18)26-16-5-3-4-14(21)8-16/h3-9,11-12,23H,2H2,1H3,(H,24,25,26)/b13-11-. The summed E-state index contributed by atoms with van der Waals surface area (Å²) in [5.74, 6) is -0.0275. The van der Waals surface area contributed by atoms with Gasteiger partial charge in [0.25, 0.3) is 0 Å². The second-order valence-electron chi connectivity index (χ2n) is 5.62. The number of nitrogens with one attached hydrogen (secondary N) is 2. The third-order valence-corrected chi connectivity index (χ3v) is 4.21. The van der Waals surface area contributed by atoms with Gasteiger partial charge in [-0.15, -0.1) is 0 Å². The molecule has 0 amide bonds. The number of nitrogens with zero attached hydrogens (tertiary/aromatic N) is 3. The smallest absolute Gasteiger partial charge is 0.350 e. The fraction of sp³-hybridized carbons (Fsp3) is 0.100. The highest BCUT2D eigenvalue weighted by Crippen LogP contribution is 2.27. The van der Waals surface area contributed by atoms with Gasteiger partial charge in [0.15, 0.2) is 5.57 Å². The highest BCUT2D eigenvalue weighted by molar-refractivity contribution is 9.10. The van der Waals surface area contributed by atoms with Crippen molar-refractivity contribution < 1.29 is 9.53 Å². The van der Waals surface area contributed by atoms with E-state index in [0.717, 1.165) is 21.1 Å². The molecule has 0 radical (unpaired) electrons. The monoisotopic (exact) mass is 437 g/mol. The lowest BCUT2D eigenvalue weighted by atomic mass is 10.2. The molecule has 7 nitrogen and oxygen atoms in total. The molecule has 0 spiro atoms. The molecule has 1 heterocycles. The molecular weight excluding hydrogens is 422 g/mol. The van der Waals surface area contributed by atoms with Crippen LogP contribution < -0.4 is 10.6 Å². The number of esters is 1. The van der Waals surface area contributed by atoms with E-state index in [1.807, 2.05) is 42.5 Å². The fourth-order valence-corrected chi connectivity index (χ4v) is 2.85. The molecule has 2 aromatic carbocycles. The van der Waals surface area contributed by atoms with E-state index < -0.39 is 5.97 Å². The Balaban J connectivity index is 1.90. The summed E-state index contributed by atoms with van der Waals surface area (Å²) >= 11 is 3.45. The summed E-state index contributed by atoms with van der Waals surface area (Å²) in [6.07, 6.45) is 2.81. The first-order valence-corrected chi connectivity index (χ1v) is 9.21. The molecule has 0 saturated carbocycles. The first kappa shape index (κ1) is 19.3. The molecule has 1 aromatic heterocycles. The van der Waals surface area contributed by atoms with Gasteiger partial charge in [-0.1, -0.05) is 22.0 Å². The maximum Gasteiger partial charge on any atom is 0.350 e. The Kier molecular flexibility index (Phi) is 6.19. The van der Waals surface area contributed by atoms with Crippen molar-refractivity contribution in [2.24, 2.45) is 0 Å². The van der Waals surface area contributed by atoms with Gasteiger partial charge in [-0.05, 0) is 43.3 Å². The summed E-state index contributed by atoms with van der Waals surface area (Å²) in [5.41, 5.74) is 2.20. The van der Waals surface area contributed by atoms with E-state index >= 15 is 0 Å². The minimum Gasteiger partial charge on any atom is -0.462 e. The number of hydrogen-bond acceptors (Lipinski definition) is 7. The van der Waals surface area contributed by atoms with Gasteiger partial charge in [-0.2, -0.15) is 5.26 Å². The highest BCUT2D eigenvalue weighted by Gasteiger charge is 2.10. The van der Waals surface area contributed by atoms with Crippen molar-refractivity contribution in [2.45, 2.75) is 6.92 Å². The molecule has 0 aliphatic rings. The summed E-state index contributed by atoms with van der Waals surface area (Å²) in [6.45, 7) is 1.89. The van der Waals surface area contributed by atoms with Crippen molar-refractivity contribution in [2.75, 3.05) is 17.2 Å². The Morgan fingerprint density at radius 1 is 1.25 bits per heavy atom. The lowest BCUT2D eigenvalue weighted by molar-refractivity contribution is -0.138. The quantitative estimate of drug-likeness (QED) is 0.332. The molecule has 0 unspecified atom stereocenters. The first-order valence-electron chi connectivity index (χ1n) is 8.42. The van der Waals surface area contributed by atoms with Crippen LogP contribution in [0.4, 0.5) is 17.2 Å². The van der Waals surface area contributed by atoms with Crippen molar-refractivity contribution in [1.29, 1.82) is 5.26 Å². The van der Waals surface area contributed by atoms with Crippen LogP contribution in [-0.2, 0) is 9.53 Å². The summed E-state index contributed by atoms with van der Waals surface area (Å²) in [7, 11) is 0. The predicted octanol–water partition coefficient (Wildman–Crippen LogP) is 4.52. The van der Waals surface area contributed by atoms with E-state index in [1.54, 1.807) is 13.0 Å². The number of carbonyl (C=O) groups excluding carboxylic acids is 1. The van der Waals surface area contributed by atoms with Crippen LogP contribution in [0, 0.1) is 11.3 Å². The lowest BCUT2D eigenvalue weighted by Crippen LogP contribution is -2.07. The van der Waals surface area contributed by atoms with Gasteiger partial charge >= 0.3 is 5.97 Å². The average molecular weight is 438 g/mol. The number of ether oxygens (including phenoxy) is 1. The number of benzene rings is 2. The van der Waals surface area contributed by atoms with Crippen molar-refractivity contribution in [3.05, 3.63) is 65.0 Å². The zero-order valence-corrected chi connectivity index (χ0v) is 16.5. The van der Waals surface area contributed by atoms with E-state index in [-0.39, 0.29) is 12.2 Å². The minimum absolute atomic E-state index is 0.112. The molecule has 0 aliphatic carbocycles. The van der Waals surface area contributed by atoms with E-state index in [4.69, 9.17) is 10.00 Å². The van der Waals surface area contributed by atoms with E-state index in [9.17, 15) is 4.79 Å². The fourth-order valence-electron chi connectivity index (χ4n) is 2.45. The Hall–Kier alpha value is -3.44. The zero-order chi connectivity index (χ0) is 19.9. The molecule has 3 rings (SSSR count). The molecule has 3 aromatic rings. The van der Waals surface area contributed by atoms with E-state index in [1.165, 1.54) is 12.5 Å². The van der Waals surface area contributed by atoms with Gasteiger partial charge < -0.3 is 15.4 Å². The van der Waals surface area contributed by atoms with Crippen LogP contribution in [0.5, 0.6) is 0 Å². The number of rotatable bonds is 6. The van der Waals surface area contributed by atoms with E-state index in [2.05, 4.69) is 36.5 Å². The Labute approximate surface area is 170 Å². The average Bonchev–Trinajstić information content (AvgIpc) is 2.69. The largest absolute Gasteiger partial charge is 0.462 e. The van der Waals surface area contributed by atoms with Gasteiger partial charge in [0.2, 0.25) is 0 Å². The summed E-state index contributed by atoms with van der Waals surface area (Å²) in [6, 6.07) is 15.0. The van der Waals surface area contributed by atoms with Crippen LogP contribution in [0.15, 0.2) is 65.0 Å². The maximum absolute atomic E-state index is 11.7. The maximum atomic E-state index is 11.7. The van der Waals surface area contributed by atoms with Gasteiger partial charge in [0.1, 0.15) is 18.2 Å². The number of anilines is 3. The van der Waals surface area contributed by atoms with Crippen molar-refractivity contribution >= 4 is 50.0 Å². The Morgan fingerprint density at radius 3 is 2.86 bits per heavy atom. The lowest BCUT2D eigenvalue weighted by Gasteiger charge is -2.10. The number of aromatic nitrogens is 2. The van der Waals surface area contributed by atoms with Crippen molar-refractivity contribution in [1.82, 2.24) is 9.97 Å². The van der Waals surface area contributed by atoms with Gasteiger partial charge in [0.05, 0.1) is 12.1 Å². The number of fused-ring (bicyclic) bond motifs is 1. The summed E-state index contributed by atoms with van der Waals surface area (Å²) in [4.78, 5) is 20.3. The number of halogens is 1. The molecule has 0 fully saturated rings. The van der Waals surface area contributed by atoms with E-state index in [0.29, 0.717) is 11.5 Å². The molecule has 8 heteroatoms. The van der Waals surface area contributed by atoms with Crippen LogP contribution in [0.3, 0.4) is 0 Å². The van der Waals surface area contributed by atoms with Gasteiger partial charge in [-0.25, -0.2) is 14.8 Å². The van der Waals surface area contributed by atoms with Gasteiger partial charge in [0, 0.05) is 27.4 Å². The molecule has 2 N–H and O–H groups in total. The molecule has 0 atom stereocenters.